The molecular formula is C14H18N2O4S. The largest absolute Gasteiger partial charge is 0.447 e. The van der Waals surface area contributed by atoms with Crippen molar-refractivity contribution in [1.29, 1.82) is 0 Å². The molecule has 0 spiro atoms. The van der Waals surface area contributed by atoms with E-state index in [2.05, 4.69) is 10.9 Å². The van der Waals surface area contributed by atoms with Crippen LogP contribution in [0.15, 0.2) is 10.8 Å². The zero-order valence-corrected chi connectivity index (χ0v) is 12.9. The highest BCUT2D eigenvalue weighted by Crippen LogP contribution is 2.23. The lowest BCUT2D eigenvalue weighted by molar-refractivity contribution is 0.0716. The quantitative estimate of drug-likeness (QED) is 0.777. The maximum atomic E-state index is 12.6. The number of hydrogen-bond donors (Lipinski definition) is 0. The summed E-state index contributed by atoms with van der Waals surface area (Å²) < 4.78 is 28.5. The summed E-state index contributed by atoms with van der Waals surface area (Å²) in [5, 5.41) is 0. The van der Waals surface area contributed by atoms with Gasteiger partial charge in [-0.2, -0.15) is 0 Å². The monoisotopic (exact) mass is 310 g/mol. The summed E-state index contributed by atoms with van der Waals surface area (Å²) in [6.45, 7) is 3.84. The molecule has 1 aromatic heterocycles. The minimum atomic E-state index is -3.09. The van der Waals surface area contributed by atoms with Crippen LogP contribution < -0.4 is 0 Å². The second kappa shape index (κ2) is 5.90. The first-order valence-electron chi connectivity index (χ1n) is 6.74. The van der Waals surface area contributed by atoms with Crippen molar-refractivity contribution >= 4 is 15.7 Å². The molecule has 0 saturated carbocycles. The third-order valence-corrected chi connectivity index (χ3v) is 5.24. The molecule has 1 fully saturated rings. The van der Waals surface area contributed by atoms with E-state index >= 15 is 0 Å². The Morgan fingerprint density at radius 3 is 2.86 bits per heavy atom. The Bertz CT molecular complexity index is 669. The molecule has 0 N–H and O–H groups in total. The zero-order chi connectivity index (χ0) is 15.6. The van der Waals surface area contributed by atoms with E-state index in [1.54, 1.807) is 0 Å². The van der Waals surface area contributed by atoms with Crippen LogP contribution in [0, 0.1) is 12.3 Å². The number of sulfone groups is 1. The fourth-order valence-electron chi connectivity index (χ4n) is 2.45. The molecule has 7 heteroatoms. The molecule has 2 rings (SSSR count). The van der Waals surface area contributed by atoms with Crippen LogP contribution in [0.2, 0.25) is 0 Å². The number of carbonyl (C=O) groups is 1. The van der Waals surface area contributed by atoms with Crippen molar-refractivity contribution < 1.29 is 17.6 Å². The lowest BCUT2D eigenvalue weighted by Gasteiger charge is -2.25. The molecule has 6 nitrogen and oxygen atoms in total. The summed E-state index contributed by atoms with van der Waals surface area (Å²) in [5.74, 6) is 2.58. The van der Waals surface area contributed by atoms with Gasteiger partial charge < -0.3 is 9.32 Å². The molecule has 1 saturated heterocycles. The molecule has 0 unspecified atom stereocenters. The van der Waals surface area contributed by atoms with Crippen molar-refractivity contribution in [2.75, 3.05) is 18.1 Å². The Labute approximate surface area is 124 Å². The fourth-order valence-corrected chi connectivity index (χ4v) is 4.18. The van der Waals surface area contributed by atoms with Gasteiger partial charge in [0.05, 0.1) is 18.1 Å². The third-order valence-electron chi connectivity index (χ3n) is 3.49. The summed E-state index contributed by atoms with van der Waals surface area (Å²) in [5.41, 5.74) is 0.213. The van der Waals surface area contributed by atoms with Crippen LogP contribution in [0.3, 0.4) is 0 Å². The van der Waals surface area contributed by atoms with E-state index in [0.29, 0.717) is 12.2 Å². The lowest BCUT2D eigenvalue weighted by Crippen LogP contribution is -2.42. The Hall–Kier alpha value is -1.81. The van der Waals surface area contributed by atoms with Crippen LogP contribution in [-0.4, -0.2) is 48.3 Å². The number of carbonyl (C=O) groups excluding carboxylic acids is 1. The van der Waals surface area contributed by atoms with Gasteiger partial charge in [-0.1, -0.05) is 19.8 Å². The predicted octanol–water partition coefficient (Wildman–Crippen LogP) is 1.06. The maximum absolute atomic E-state index is 12.6. The molecule has 114 valence electrons. The van der Waals surface area contributed by atoms with E-state index in [9.17, 15) is 13.2 Å². The first-order chi connectivity index (χ1) is 9.85. The van der Waals surface area contributed by atoms with Crippen molar-refractivity contribution in [3.05, 3.63) is 17.8 Å². The summed E-state index contributed by atoms with van der Waals surface area (Å²) in [6.07, 6.45) is 6.95. The second-order valence-corrected chi connectivity index (χ2v) is 7.64. The van der Waals surface area contributed by atoms with Gasteiger partial charge in [-0.05, 0) is 6.42 Å². The van der Waals surface area contributed by atoms with Crippen LogP contribution >= 0.6 is 0 Å². The number of aromatic nitrogens is 1. The smallest absolute Gasteiger partial charge is 0.277 e. The van der Waals surface area contributed by atoms with E-state index in [0.717, 1.165) is 0 Å². The molecule has 21 heavy (non-hydrogen) atoms. The number of nitrogens with zero attached hydrogens (tertiary/aromatic N) is 2. The molecule has 1 aliphatic rings. The third kappa shape index (κ3) is 3.27. The van der Waals surface area contributed by atoms with Gasteiger partial charge in [0.25, 0.3) is 5.91 Å². The number of rotatable bonds is 4. The van der Waals surface area contributed by atoms with Gasteiger partial charge in [0.1, 0.15) is 5.76 Å². The minimum Gasteiger partial charge on any atom is -0.447 e. The van der Waals surface area contributed by atoms with Crippen molar-refractivity contribution in [2.24, 2.45) is 0 Å². The normalized spacial score (nSPS) is 20.4. The Morgan fingerprint density at radius 2 is 2.33 bits per heavy atom. The van der Waals surface area contributed by atoms with Crippen LogP contribution in [-0.2, 0) is 9.84 Å². The van der Waals surface area contributed by atoms with Gasteiger partial charge in [-0.25, -0.2) is 13.4 Å². The summed E-state index contributed by atoms with van der Waals surface area (Å²) in [4.78, 5) is 18.0. The first-order valence-corrected chi connectivity index (χ1v) is 8.56. The molecule has 2 heterocycles. The molecule has 0 radical (unpaired) electrons. The van der Waals surface area contributed by atoms with E-state index in [-0.39, 0.29) is 35.6 Å². The Balaban J connectivity index is 2.28. The molecule has 1 atom stereocenters. The first kappa shape index (κ1) is 15.6. The molecule has 0 bridgehead atoms. The highest BCUT2D eigenvalue weighted by atomic mass is 32.2. The zero-order valence-electron chi connectivity index (χ0n) is 12.1. The van der Waals surface area contributed by atoms with Crippen LogP contribution in [0.5, 0.6) is 0 Å². The van der Waals surface area contributed by atoms with Crippen molar-refractivity contribution in [1.82, 2.24) is 9.88 Å². The van der Waals surface area contributed by atoms with Crippen LogP contribution in [0.25, 0.3) is 0 Å². The van der Waals surface area contributed by atoms with E-state index in [1.165, 1.54) is 11.3 Å². The summed E-state index contributed by atoms with van der Waals surface area (Å²) in [7, 11) is -3.09. The molecule has 1 amide bonds. The maximum Gasteiger partial charge on any atom is 0.277 e. The molecule has 0 aliphatic carbocycles. The molecular weight excluding hydrogens is 292 g/mol. The Kier molecular flexibility index (Phi) is 4.37. The van der Waals surface area contributed by atoms with Gasteiger partial charge in [-0.3, -0.25) is 4.79 Å². The number of hydrogen-bond acceptors (Lipinski definition) is 5. The topological polar surface area (TPSA) is 80.5 Å². The minimum absolute atomic E-state index is 0.00597. The van der Waals surface area contributed by atoms with Crippen molar-refractivity contribution in [2.45, 2.75) is 32.2 Å². The summed E-state index contributed by atoms with van der Waals surface area (Å²) in [6, 6.07) is -0.393. The van der Waals surface area contributed by atoms with E-state index < -0.39 is 15.9 Å². The van der Waals surface area contributed by atoms with Crippen molar-refractivity contribution in [3.63, 3.8) is 0 Å². The molecule has 1 aliphatic heterocycles. The van der Waals surface area contributed by atoms with Crippen LogP contribution in [0.1, 0.15) is 42.4 Å². The highest BCUT2D eigenvalue weighted by molar-refractivity contribution is 7.91. The molecule has 0 aromatic carbocycles. The number of terminal acetylenes is 1. The number of oxazole rings is 1. The highest BCUT2D eigenvalue weighted by Gasteiger charge is 2.36. The standard InChI is InChI=1S/C14H18N2O4S/c1-4-6-16(11-5-7-21(18,19)8-11)14(17)12-13(10(2)3)20-9-15-12/h1,9-11H,5-8H2,2-3H3/t11-/m0/s1. The van der Waals surface area contributed by atoms with Gasteiger partial charge in [0.15, 0.2) is 21.9 Å². The van der Waals surface area contributed by atoms with Gasteiger partial charge in [0, 0.05) is 12.0 Å². The van der Waals surface area contributed by atoms with Crippen LogP contribution in [0.4, 0.5) is 0 Å². The van der Waals surface area contributed by atoms with Gasteiger partial charge in [-0.15, -0.1) is 6.42 Å². The average Bonchev–Trinajstić information content (AvgIpc) is 3.01. The average molecular weight is 310 g/mol. The lowest BCUT2D eigenvalue weighted by atomic mass is 10.1. The second-order valence-electron chi connectivity index (χ2n) is 5.41. The Morgan fingerprint density at radius 1 is 1.62 bits per heavy atom. The molecule has 1 aromatic rings. The fraction of sp³-hybridized carbons (Fsp3) is 0.571. The van der Waals surface area contributed by atoms with E-state index in [1.807, 2.05) is 13.8 Å². The SMILES string of the molecule is C#CCN(C(=O)c1ncoc1C(C)C)[C@H]1CCS(=O)(=O)C1. The van der Waals surface area contributed by atoms with Crippen molar-refractivity contribution in [3.8, 4) is 12.3 Å². The number of amides is 1. The van der Waals surface area contributed by atoms with Gasteiger partial charge in [0.2, 0.25) is 0 Å². The predicted molar refractivity (Wildman–Crippen MR) is 77.5 cm³/mol. The summed E-state index contributed by atoms with van der Waals surface area (Å²) >= 11 is 0. The van der Waals surface area contributed by atoms with E-state index in [4.69, 9.17) is 10.8 Å². The van der Waals surface area contributed by atoms with Gasteiger partial charge >= 0.3 is 0 Å².